The van der Waals surface area contributed by atoms with Crippen molar-refractivity contribution in [2.45, 2.75) is 38.5 Å². The summed E-state index contributed by atoms with van der Waals surface area (Å²) in [7, 11) is 0. The van der Waals surface area contributed by atoms with E-state index in [4.69, 9.17) is 0 Å². The molecule has 0 radical (unpaired) electrons. The third-order valence-corrected chi connectivity index (χ3v) is 2.87. The number of nitrogens with one attached hydrogen (secondary N) is 2. The van der Waals surface area contributed by atoms with Gasteiger partial charge in [-0.15, -0.1) is 0 Å². The number of halogens is 3. The topological polar surface area (TPSA) is 58.5 Å². The molecular weight excluding hydrogens is 297 g/mol. The van der Waals surface area contributed by atoms with E-state index in [1.807, 2.05) is 6.92 Å². The number of pyridine rings is 1. The van der Waals surface area contributed by atoms with Crippen molar-refractivity contribution in [2.75, 3.05) is 13.2 Å². The molecule has 22 heavy (non-hydrogen) atoms. The summed E-state index contributed by atoms with van der Waals surface area (Å²) in [6.07, 6.45) is -0.690. The highest BCUT2D eigenvalue weighted by molar-refractivity contribution is 5.80. The van der Waals surface area contributed by atoms with Crippen LogP contribution < -0.4 is 15.4 Å². The molecule has 1 fully saturated rings. The number of hydrogen-bond donors (Lipinski definition) is 2. The standard InChI is InChI=1S/C14H19F3N4O/c1-2-18-13(21-11-3-4-11)20-8-10-5-6-19-12(7-10)22-9-14(15,16)17/h5-7,11H,2-4,8-9H2,1H3,(H2,18,20,21). The first-order valence-corrected chi connectivity index (χ1v) is 7.15. The van der Waals surface area contributed by atoms with E-state index in [9.17, 15) is 13.2 Å². The zero-order valence-corrected chi connectivity index (χ0v) is 12.3. The Morgan fingerprint density at radius 2 is 2.23 bits per heavy atom. The van der Waals surface area contributed by atoms with Crippen LogP contribution in [0.15, 0.2) is 23.3 Å². The SMILES string of the molecule is CCNC(=NCc1ccnc(OCC(F)(F)F)c1)NC1CC1. The fourth-order valence-electron chi connectivity index (χ4n) is 1.69. The van der Waals surface area contributed by atoms with E-state index >= 15 is 0 Å². The second-order valence-electron chi connectivity index (χ2n) is 5.02. The van der Waals surface area contributed by atoms with Gasteiger partial charge in [-0.2, -0.15) is 13.2 Å². The Morgan fingerprint density at radius 3 is 2.86 bits per heavy atom. The molecule has 1 aliphatic carbocycles. The Balaban J connectivity index is 1.93. The Labute approximate surface area is 127 Å². The van der Waals surface area contributed by atoms with E-state index in [-0.39, 0.29) is 5.88 Å². The van der Waals surface area contributed by atoms with Crippen LogP contribution in [0.25, 0.3) is 0 Å². The summed E-state index contributed by atoms with van der Waals surface area (Å²) >= 11 is 0. The third kappa shape index (κ3) is 6.19. The number of guanidine groups is 1. The molecule has 1 aliphatic rings. The number of ether oxygens (including phenoxy) is 1. The number of aliphatic imine (C=N–C) groups is 1. The van der Waals surface area contributed by atoms with E-state index in [0.29, 0.717) is 18.5 Å². The molecule has 0 spiro atoms. The van der Waals surface area contributed by atoms with Crippen LogP contribution in [-0.2, 0) is 6.54 Å². The lowest BCUT2D eigenvalue weighted by Gasteiger charge is -2.11. The Hall–Kier alpha value is -1.99. The molecule has 0 aliphatic heterocycles. The minimum atomic E-state index is -4.37. The van der Waals surface area contributed by atoms with Gasteiger partial charge in [0, 0.05) is 24.8 Å². The number of alkyl halides is 3. The van der Waals surface area contributed by atoms with E-state index in [0.717, 1.165) is 24.9 Å². The number of hydrogen-bond acceptors (Lipinski definition) is 3. The van der Waals surface area contributed by atoms with Crippen molar-refractivity contribution < 1.29 is 17.9 Å². The first-order valence-electron chi connectivity index (χ1n) is 7.15. The van der Waals surface area contributed by atoms with Crippen LogP contribution in [0.3, 0.4) is 0 Å². The average molecular weight is 316 g/mol. The van der Waals surface area contributed by atoms with Gasteiger partial charge in [0.1, 0.15) is 0 Å². The van der Waals surface area contributed by atoms with Gasteiger partial charge in [0.2, 0.25) is 5.88 Å². The lowest BCUT2D eigenvalue weighted by atomic mass is 10.3. The average Bonchev–Trinajstić information content (AvgIpc) is 3.27. The fraction of sp³-hybridized carbons (Fsp3) is 0.571. The molecule has 5 nitrogen and oxygen atoms in total. The summed E-state index contributed by atoms with van der Waals surface area (Å²) in [5, 5.41) is 6.39. The fourth-order valence-corrected chi connectivity index (χ4v) is 1.69. The molecular formula is C14H19F3N4O. The van der Waals surface area contributed by atoms with Gasteiger partial charge in [0.05, 0.1) is 6.54 Å². The van der Waals surface area contributed by atoms with Crippen molar-refractivity contribution in [3.63, 3.8) is 0 Å². The van der Waals surface area contributed by atoms with Crippen LogP contribution >= 0.6 is 0 Å². The maximum atomic E-state index is 12.1. The number of nitrogens with zero attached hydrogens (tertiary/aromatic N) is 2. The Kier molecular flexibility index (Phi) is 5.46. The molecule has 1 aromatic heterocycles. The van der Waals surface area contributed by atoms with Gasteiger partial charge in [0.25, 0.3) is 0 Å². The summed E-state index contributed by atoms with van der Waals surface area (Å²) in [6.45, 7) is 1.71. The quantitative estimate of drug-likeness (QED) is 0.624. The summed E-state index contributed by atoms with van der Waals surface area (Å²) in [5.41, 5.74) is 0.736. The predicted octanol–water partition coefficient (Wildman–Crippen LogP) is 2.24. The lowest BCUT2D eigenvalue weighted by Crippen LogP contribution is -2.38. The van der Waals surface area contributed by atoms with E-state index in [1.54, 1.807) is 6.07 Å². The van der Waals surface area contributed by atoms with Crippen molar-refractivity contribution in [2.24, 2.45) is 4.99 Å². The van der Waals surface area contributed by atoms with Gasteiger partial charge in [-0.3, -0.25) is 0 Å². The monoisotopic (exact) mass is 316 g/mol. The van der Waals surface area contributed by atoms with E-state index in [2.05, 4.69) is 25.3 Å². The first-order chi connectivity index (χ1) is 10.5. The Morgan fingerprint density at radius 1 is 1.45 bits per heavy atom. The maximum Gasteiger partial charge on any atom is 0.422 e. The highest BCUT2D eigenvalue weighted by Crippen LogP contribution is 2.19. The van der Waals surface area contributed by atoms with Crippen molar-refractivity contribution >= 4 is 5.96 Å². The zero-order chi connectivity index (χ0) is 16.0. The second-order valence-corrected chi connectivity index (χ2v) is 5.02. The van der Waals surface area contributed by atoms with Crippen LogP contribution in [-0.4, -0.2) is 36.3 Å². The van der Waals surface area contributed by atoms with Crippen molar-refractivity contribution in [3.8, 4) is 5.88 Å². The summed E-state index contributed by atoms with van der Waals surface area (Å²) < 4.78 is 41.0. The molecule has 2 N–H and O–H groups in total. The van der Waals surface area contributed by atoms with Gasteiger partial charge in [0.15, 0.2) is 12.6 Å². The number of aromatic nitrogens is 1. The number of rotatable bonds is 6. The highest BCUT2D eigenvalue weighted by Gasteiger charge is 2.28. The maximum absolute atomic E-state index is 12.1. The molecule has 0 saturated heterocycles. The molecule has 0 amide bonds. The minimum Gasteiger partial charge on any atom is -0.468 e. The van der Waals surface area contributed by atoms with Crippen LogP contribution in [0, 0.1) is 0 Å². The zero-order valence-electron chi connectivity index (χ0n) is 12.3. The minimum absolute atomic E-state index is 0.0508. The molecule has 1 saturated carbocycles. The van der Waals surface area contributed by atoms with Gasteiger partial charge in [-0.1, -0.05) is 0 Å². The second kappa shape index (κ2) is 7.33. The molecule has 0 atom stereocenters. The lowest BCUT2D eigenvalue weighted by molar-refractivity contribution is -0.154. The van der Waals surface area contributed by atoms with Crippen LogP contribution in [0.5, 0.6) is 5.88 Å². The van der Waals surface area contributed by atoms with Crippen molar-refractivity contribution in [1.82, 2.24) is 15.6 Å². The molecule has 1 heterocycles. The van der Waals surface area contributed by atoms with Crippen LogP contribution in [0.4, 0.5) is 13.2 Å². The molecule has 122 valence electrons. The largest absolute Gasteiger partial charge is 0.468 e. The highest BCUT2D eigenvalue weighted by atomic mass is 19.4. The van der Waals surface area contributed by atoms with Gasteiger partial charge in [-0.25, -0.2) is 9.98 Å². The van der Waals surface area contributed by atoms with Crippen molar-refractivity contribution in [3.05, 3.63) is 23.9 Å². The summed E-state index contributed by atoms with van der Waals surface area (Å²) in [4.78, 5) is 8.17. The summed E-state index contributed by atoms with van der Waals surface area (Å²) in [6, 6.07) is 3.64. The van der Waals surface area contributed by atoms with Gasteiger partial charge < -0.3 is 15.4 Å². The molecule has 8 heteroatoms. The summed E-state index contributed by atoms with van der Waals surface area (Å²) in [5.74, 6) is 0.657. The predicted molar refractivity (Wildman–Crippen MR) is 76.8 cm³/mol. The Bertz CT molecular complexity index is 515. The third-order valence-electron chi connectivity index (χ3n) is 2.87. The van der Waals surface area contributed by atoms with Crippen LogP contribution in [0.1, 0.15) is 25.3 Å². The first kappa shape index (κ1) is 16.4. The molecule has 2 rings (SSSR count). The van der Waals surface area contributed by atoms with Gasteiger partial charge in [-0.05, 0) is 31.4 Å². The van der Waals surface area contributed by atoms with Crippen LogP contribution in [0.2, 0.25) is 0 Å². The molecule has 0 unspecified atom stereocenters. The molecule has 0 aromatic carbocycles. The molecule has 1 aromatic rings. The molecule has 0 bridgehead atoms. The smallest absolute Gasteiger partial charge is 0.422 e. The van der Waals surface area contributed by atoms with E-state index in [1.165, 1.54) is 12.3 Å². The van der Waals surface area contributed by atoms with Gasteiger partial charge >= 0.3 is 6.18 Å². The van der Waals surface area contributed by atoms with Crippen molar-refractivity contribution in [1.29, 1.82) is 0 Å². The van der Waals surface area contributed by atoms with E-state index < -0.39 is 12.8 Å². The normalized spacial score (nSPS) is 15.5.